The molecule has 46 heavy (non-hydrogen) atoms. The Morgan fingerprint density at radius 2 is 1.67 bits per heavy atom. The van der Waals surface area contributed by atoms with Crippen LogP contribution in [0.25, 0.3) is 10.9 Å². The van der Waals surface area contributed by atoms with Crippen molar-refractivity contribution in [2.75, 3.05) is 43.1 Å². The first-order valence-electron chi connectivity index (χ1n) is 15.7. The van der Waals surface area contributed by atoms with Crippen molar-refractivity contribution in [3.05, 3.63) is 95.2 Å². The quantitative estimate of drug-likeness (QED) is 0.206. The maximum Gasteiger partial charge on any atom is 0.416 e. The van der Waals surface area contributed by atoms with Gasteiger partial charge in [0.05, 0.1) is 18.8 Å². The van der Waals surface area contributed by atoms with E-state index >= 15 is 0 Å². The summed E-state index contributed by atoms with van der Waals surface area (Å²) in [5.41, 5.74) is 4.60. The normalized spacial score (nSPS) is 19.2. The molecule has 10 heteroatoms. The summed E-state index contributed by atoms with van der Waals surface area (Å²) < 4.78 is 45.0. The van der Waals surface area contributed by atoms with E-state index in [1.807, 2.05) is 42.5 Å². The van der Waals surface area contributed by atoms with Crippen LogP contribution < -0.4 is 10.2 Å². The Morgan fingerprint density at radius 1 is 1.00 bits per heavy atom. The minimum atomic E-state index is -4.46. The Morgan fingerprint density at radius 3 is 2.35 bits per heavy atom. The third kappa shape index (κ3) is 6.63. The first-order chi connectivity index (χ1) is 21.9. The van der Waals surface area contributed by atoms with Crippen LogP contribution in [0.4, 0.5) is 24.5 Å². The lowest BCUT2D eigenvalue weighted by molar-refractivity contribution is -0.137. The van der Waals surface area contributed by atoms with E-state index in [4.69, 9.17) is 4.74 Å². The Labute approximate surface area is 266 Å². The van der Waals surface area contributed by atoms with Crippen LogP contribution in [0.15, 0.2) is 72.8 Å². The van der Waals surface area contributed by atoms with E-state index in [9.17, 15) is 22.8 Å². The highest BCUT2D eigenvalue weighted by Gasteiger charge is 2.59. The number of halogens is 3. The van der Waals surface area contributed by atoms with E-state index in [2.05, 4.69) is 42.0 Å². The zero-order chi connectivity index (χ0) is 32.6. The molecule has 2 aliphatic rings. The summed E-state index contributed by atoms with van der Waals surface area (Å²) in [5.74, 6) is -0.391. The molecular formula is C36H39F3N4O3. The van der Waals surface area contributed by atoms with Gasteiger partial charge in [0.1, 0.15) is 6.54 Å². The van der Waals surface area contributed by atoms with E-state index in [0.29, 0.717) is 24.5 Å². The minimum absolute atomic E-state index is 0.0181. The van der Waals surface area contributed by atoms with Crippen molar-refractivity contribution in [3.63, 3.8) is 0 Å². The molecule has 1 aliphatic carbocycles. The second kappa shape index (κ2) is 12.5. The number of nitrogens with one attached hydrogen (secondary N) is 2. The Hall–Kier alpha value is -4.31. The van der Waals surface area contributed by atoms with Gasteiger partial charge in [-0.1, -0.05) is 44.2 Å². The Bertz CT molecular complexity index is 1710. The highest BCUT2D eigenvalue weighted by molar-refractivity contribution is 5.95. The van der Waals surface area contributed by atoms with Gasteiger partial charge >= 0.3 is 6.18 Å². The number of hydrogen-bond donors (Lipinski definition) is 2. The number of para-hydroxylation sites is 1. The van der Waals surface area contributed by atoms with Crippen LogP contribution in [0.1, 0.15) is 48.6 Å². The molecular weight excluding hydrogens is 593 g/mol. The number of H-pyrrole nitrogens is 1. The van der Waals surface area contributed by atoms with Gasteiger partial charge in [0.25, 0.3) is 0 Å². The van der Waals surface area contributed by atoms with E-state index in [-0.39, 0.29) is 48.6 Å². The molecule has 0 radical (unpaired) electrons. The molecule has 1 aliphatic heterocycles. The van der Waals surface area contributed by atoms with Crippen molar-refractivity contribution in [1.29, 1.82) is 0 Å². The average Bonchev–Trinajstić information content (AvgIpc) is 3.37. The van der Waals surface area contributed by atoms with Crippen molar-refractivity contribution in [1.82, 2.24) is 9.88 Å². The number of aromatic nitrogens is 1. The SMILES string of the molecule is Cc1[nH]c2ccccc2c1[C@H]1[C@@H](CC(=O)N(CC(=O)Nc2ccc(N3CCOCC3)cc2)Cc2ccc(C(F)(F)F)cc2)C1(C)C. The third-order valence-electron chi connectivity index (χ3n) is 9.57. The summed E-state index contributed by atoms with van der Waals surface area (Å²) in [6, 6.07) is 20.4. The number of amides is 2. The summed E-state index contributed by atoms with van der Waals surface area (Å²) >= 11 is 0. The van der Waals surface area contributed by atoms with E-state index in [0.717, 1.165) is 47.5 Å². The number of benzene rings is 3. The summed E-state index contributed by atoms with van der Waals surface area (Å²) in [6.07, 6.45) is -4.24. The van der Waals surface area contributed by atoms with Crippen molar-refractivity contribution >= 4 is 34.1 Å². The largest absolute Gasteiger partial charge is 0.416 e. The predicted molar refractivity (Wildman–Crippen MR) is 173 cm³/mol. The molecule has 2 amide bonds. The molecule has 0 unspecified atom stereocenters. The van der Waals surface area contributed by atoms with Crippen LogP contribution in [0.3, 0.4) is 0 Å². The van der Waals surface area contributed by atoms with Gasteiger partial charge in [0.2, 0.25) is 11.8 Å². The summed E-state index contributed by atoms with van der Waals surface area (Å²) in [7, 11) is 0. The van der Waals surface area contributed by atoms with Crippen LogP contribution in [0, 0.1) is 18.3 Å². The standard InChI is InChI=1S/C36H39F3N4O3/c1-23-33(28-6-4-5-7-30(28)40-23)34-29(35(34,2)3)20-32(45)43(21-24-8-10-25(11-9-24)36(37,38)39)22-31(44)41-26-12-14-27(15-13-26)42-16-18-46-19-17-42/h4-15,29,34,40H,16-22H2,1-3H3,(H,41,44)/t29-,34-/m1/s1. The number of aryl methyl sites for hydroxylation is 1. The lowest BCUT2D eigenvalue weighted by Gasteiger charge is -2.29. The second-order valence-corrected chi connectivity index (χ2v) is 13.0. The van der Waals surface area contributed by atoms with E-state index in [1.165, 1.54) is 22.6 Å². The summed E-state index contributed by atoms with van der Waals surface area (Å²) in [4.78, 5) is 34.3. The molecule has 1 saturated carbocycles. The number of carbonyl (C=O) groups excluding carboxylic acids is 2. The molecule has 3 aromatic carbocycles. The number of ether oxygens (including phenoxy) is 1. The number of alkyl halides is 3. The third-order valence-corrected chi connectivity index (χ3v) is 9.57. The number of carbonyl (C=O) groups is 2. The Kier molecular flexibility index (Phi) is 8.58. The van der Waals surface area contributed by atoms with Crippen molar-refractivity contribution in [3.8, 4) is 0 Å². The molecule has 2 heterocycles. The van der Waals surface area contributed by atoms with Crippen molar-refractivity contribution in [2.45, 2.75) is 45.8 Å². The fourth-order valence-corrected chi connectivity index (χ4v) is 6.92. The molecule has 1 saturated heterocycles. The van der Waals surface area contributed by atoms with E-state index < -0.39 is 11.7 Å². The highest BCUT2D eigenvalue weighted by Crippen LogP contribution is 2.67. The molecule has 6 rings (SSSR count). The Balaban J connectivity index is 1.18. The molecule has 0 bridgehead atoms. The smallest absolute Gasteiger partial charge is 0.378 e. The number of nitrogens with zero attached hydrogens (tertiary/aromatic N) is 2. The van der Waals surface area contributed by atoms with Crippen LogP contribution in [-0.4, -0.2) is 54.5 Å². The lowest BCUT2D eigenvalue weighted by Crippen LogP contribution is -2.38. The maximum absolute atomic E-state index is 13.9. The number of aromatic amines is 1. The monoisotopic (exact) mass is 632 g/mol. The minimum Gasteiger partial charge on any atom is -0.378 e. The fourth-order valence-electron chi connectivity index (χ4n) is 6.92. The summed E-state index contributed by atoms with van der Waals surface area (Å²) in [6.45, 7) is 9.09. The van der Waals surface area contributed by atoms with Crippen LogP contribution in [-0.2, 0) is 27.0 Å². The number of morpholine rings is 1. The molecule has 1 aromatic heterocycles. The molecule has 2 fully saturated rings. The first-order valence-corrected chi connectivity index (χ1v) is 15.7. The topological polar surface area (TPSA) is 77.7 Å². The molecule has 4 aromatic rings. The summed E-state index contributed by atoms with van der Waals surface area (Å²) in [5, 5.41) is 4.03. The zero-order valence-corrected chi connectivity index (χ0v) is 26.3. The van der Waals surface area contributed by atoms with Crippen LogP contribution >= 0.6 is 0 Å². The number of fused-ring (bicyclic) bond motifs is 1. The van der Waals surface area contributed by atoms with Crippen molar-refractivity contribution < 1.29 is 27.5 Å². The first kappa shape index (κ1) is 31.7. The molecule has 2 N–H and O–H groups in total. The number of hydrogen-bond acceptors (Lipinski definition) is 4. The van der Waals surface area contributed by atoms with Gasteiger partial charge in [-0.2, -0.15) is 13.2 Å². The van der Waals surface area contributed by atoms with Crippen LogP contribution in [0.5, 0.6) is 0 Å². The van der Waals surface area contributed by atoms with Gasteiger partial charge in [-0.3, -0.25) is 9.59 Å². The lowest BCUT2D eigenvalue weighted by atomic mass is 10.0. The van der Waals surface area contributed by atoms with Gasteiger partial charge in [-0.15, -0.1) is 0 Å². The zero-order valence-electron chi connectivity index (χ0n) is 26.3. The van der Waals surface area contributed by atoms with Gasteiger partial charge in [-0.05, 0) is 77.8 Å². The van der Waals surface area contributed by atoms with Crippen molar-refractivity contribution in [2.24, 2.45) is 11.3 Å². The van der Waals surface area contributed by atoms with Crippen LogP contribution in [0.2, 0.25) is 0 Å². The van der Waals surface area contributed by atoms with Gasteiger partial charge in [0, 0.05) is 54.0 Å². The fraction of sp³-hybridized carbons (Fsp3) is 0.389. The van der Waals surface area contributed by atoms with Gasteiger partial charge in [-0.25, -0.2) is 0 Å². The average molecular weight is 633 g/mol. The molecule has 7 nitrogen and oxygen atoms in total. The van der Waals surface area contributed by atoms with E-state index in [1.54, 1.807) is 0 Å². The predicted octanol–water partition coefficient (Wildman–Crippen LogP) is 7.13. The van der Waals surface area contributed by atoms with Gasteiger partial charge < -0.3 is 24.8 Å². The number of anilines is 2. The molecule has 242 valence electrons. The van der Waals surface area contributed by atoms with Gasteiger partial charge in [0.15, 0.2) is 0 Å². The highest BCUT2D eigenvalue weighted by atomic mass is 19.4. The molecule has 2 atom stereocenters. The maximum atomic E-state index is 13.9. The molecule has 0 spiro atoms. The number of rotatable bonds is 9. The second-order valence-electron chi connectivity index (χ2n) is 13.0.